The molecule has 0 aliphatic rings. The number of hydrogen-bond donors (Lipinski definition) is 1. The van der Waals surface area contributed by atoms with Gasteiger partial charge in [0.15, 0.2) is 6.61 Å². The minimum Gasteiger partial charge on any atom is -0.484 e. The van der Waals surface area contributed by atoms with E-state index in [2.05, 4.69) is 5.32 Å². The fourth-order valence-corrected chi connectivity index (χ4v) is 0.752. The summed E-state index contributed by atoms with van der Waals surface area (Å²) in [5, 5.41) is 2.41. The van der Waals surface area contributed by atoms with Gasteiger partial charge in [0, 0.05) is 7.05 Å². The summed E-state index contributed by atoms with van der Waals surface area (Å²) < 4.78 is 17.5. The Bertz CT molecular complexity index is 284. The Morgan fingerprint density at radius 1 is 1.46 bits per heavy atom. The second kappa shape index (κ2) is 4.45. The van der Waals surface area contributed by atoms with E-state index in [1.54, 1.807) is 0 Å². The van der Waals surface area contributed by atoms with Crippen molar-refractivity contribution in [3.05, 3.63) is 30.1 Å². The summed E-state index contributed by atoms with van der Waals surface area (Å²) in [5.41, 5.74) is 0. The lowest BCUT2D eigenvalue weighted by molar-refractivity contribution is -0.122. The second-order valence-electron chi connectivity index (χ2n) is 2.42. The smallest absolute Gasteiger partial charge is 0.257 e. The minimum atomic E-state index is -0.327. The third-order valence-electron chi connectivity index (χ3n) is 1.46. The first-order valence-corrected chi connectivity index (χ1v) is 3.81. The standard InChI is InChI=1S/C9H10FNO2/c1-11-9(12)6-13-8-4-2-7(10)3-5-8/h2-5H,6H2,1H3,(H,11,12). The number of carbonyl (C=O) groups excluding carboxylic acids is 1. The molecule has 0 radical (unpaired) electrons. The zero-order valence-corrected chi connectivity index (χ0v) is 7.21. The molecule has 13 heavy (non-hydrogen) atoms. The Morgan fingerprint density at radius 2 is 2.08 bits per heavy atom. The second-order valence-corrected chi connectivity index (χ2v) is 2.42. The van der Waals surface area contributed by atoms with E-state index in [-0.39, 0.29) is 18.3 Å². The van der Waals surface area contributed by atoms with Gasteiger partial charge in [0.25, 0.3) is 5.91 Å². The number of rotatable bonds is 3. The molecular weight excluding hydrogens is 173 g/mol. The average Bonchev–Trinajstić information content (AvgIpc) is 2.16. The molecule has 0 saturated carbocycles. The van der Waals surface area contributed by atoms with Crippen molar-refractivity contribution in [2.75, 3.05) is 13.7 Å². The normalized spacial score (nSPS) is 9.38. The predicted molar refractivity (Wildman–Crippen MR) is 46.0 cm³/mol. The number of hydrogen-bond acceptors (Lipinski definition) is 2. The van der Waals surface area contributed by atoms with Gasteiger partial charge in [0.05, 0.1) is 0 Å². The molecule has 0 spiro atoms. The van der Waals surface area contributed by atoms with Crippen LogP contribution >= 0.6 is 0 Å². The Labute approximate surface area is 75.5 Å². The highest BCUT2D eigenvalue weighted by atomic mass is 19.1. The van der Waals surface area contributed by atoms with Crippen LogP contribution in [0.15, 0.2) is 24.3 Å². The Morgan fingerprint density at radius 3 is 2.62 bits per heavy atom. The number of amides is 1. The molecule has 1 aromatic rings. The van der Waals surface area contributed by atoms with Crippen LogP contribution in [-0.4, -0.2) is 19.6 Å². The monoisotopic (exact) mass is 183 g/mol. The van der Waals surface area contributed by atoms with Gasteiger partial charge in [-0.1, -0.05) is 0 Å². The van der Waals surface area contributed by atoms with E-state index >= 15 is 0 Å². The maximum absolute atomic E-state index is 12.4. The average molecular weight is 183 g/mol. The quantitative estimate of drug-likeness (QED) is 0.757. The summed E-state index contributed by atoms with van der Waals surface area (Å²) in [6, 6.07) is 5.49. The van der Waals surface area contributed by atoms with Crippen molar-refractivity contribution in [2.24, 2.45) is 0 Å². The molecule has 0 fully saturated rings. The molecule has 1 amide bonds. The molecule has 0 unspecified atom stereocenters. The van der Waals surface area contributed by atoms with Crippen LogP contribution < -0.4 is 10.1 Å². The molecule has 1 rings (SSSR count). The molecule has 1 aromatic carbocycles. The summed E-state index contributed by atoms with van der Waals surface area (Å²) in [6.45, 7) is -0.0534. The van der Waals surface area contributed by atoms with Gasteiger partial charge in [-0.15, -0.1) is 0 Å². The maximum Gasteiger partial charge on any atom is 0.257 e. The predicted octanol–water partition coefficient (Wildman–Crippen LogP) is 0.950. The Balaban J connectivity index is 2.46. The van der Waals surface area contributed by atoms with E-state index in [9.17, 15) is 9.18 Å². The van der Waals surface area contributed by atoms with E-state index < -0.39 is 0 Å². The molecule has 0 atom stereocenters. The van der Waals surface area contributed by atoms with Crippen LogP contribution in [-0.2, 0) is 4.79 Å². The summed E-state index contributed by atoms with van der Waals surface area (Å²) in [7, 11) is 1.52. The minimum absolute atomic E-state index is 0.0534. The summed E-state index contributed by atoms with van der Waals surface area (Å²) in [6.07, 6.45) is 0. The summed E-state index contributed by atoms with van der Waals surface area (Å²) >= 11 is 0. The Kier molecular flexibility index (Phi) is 3.25. The SMILES string of the molecule is CNC(=O)COc1ccc(F)cc1. The van der Waals surface area contributed by atoms with Gasteiger partial charge in [0.1, 0.15) is 11.6 Å². The van der Waals surface area contributed by atoms with Crippen LogP contribution in [0.4, 0.5) is 4.39 Å². The number of benzene rings is 1. The van der Waals surface area contributed by atoms with Gasteiger partial charge >= 0.3 is 0 Å². The van der Waals surface area contributed by atoms with Crippen LogP contribution in [0.25, 0.3) is 0 Å². The summed E-state index contributed by atoms with van der Waals surface area (Å²) in [5.74, 6) is -0.0679. The van der Waals surface area contributed by atoms with Crippen LogP contribution in [0.5, 0.6) is 5.75 Å². The maximum atomic E-state index is 12.4. The van der Waals surface area contributed by atoms with Gasteiger partial charge in [-0.25, -0.2) is 4.39 Å². The van der Waals surface area contributed by atoms with E-state index in [1.165, 1.54) is 31.3 Å². The highest BCUT2D eigenvalue weighted by Gasteiger charge is 1.99. The van der Waals surface area contributed by atoms with Crippen molar-refractivity contribution in [1.29, 1.82) is 0 Å². The third kappa shape index (κ3) is 3.11. The first kappa shape index (κ1) is 9.51. The zero-order chi connectivity index (χ0) is 9.68. The zero-order valence-electron chi connectivity index (χ0n) is 7.21. The largest absolute Gasteiger partial charge is 0.484 e. The van der Waals surface area contributed by atoms with Gasteiger partial charge in [-0.2, -0.15) is 0 Å². The van der Waals surface area contributed by atoms with Crippen molar-refractivity contribution >= 4 is 5.91 Å². The first-order valence-electron chi connectivity index (χ1n) is 3.81. The number of halogens is 1. The lowest BCUT2D eigenvalue weighted by atomic mass is 10.3. The lowest BCUT2D eigenvalue weighted by Crippen LogP contribution is -2.24. The number of likely N-dealkylation sites (N-methyl/N-ethyl adjacent to an activating group) is 1. The first-order chi connectivity index (χ1) is 6.22. The van der Waals surface area contributed by atoms with E-state index in [1.807, 2.05) is 0 Å². The highest BCUT2D eigenvalue weighted by Crippen LogP contribution is 2.10. The van der Waals surface area contributed by atoms with Gasteiger partial charge in [0.2, 0.25) is 0 Å². The van der Waals surface area contributed by atoms with Crippen molar-refractivity contribution in [3.8, 4) is 5.75 Å². The van der Waals surface area contributed by atoms with E-state index in [0.29, 0.717) is 5.75 Å². The number of carbonyl (C=O) groups is 1. The Hall–Kier alpha value is -1.58. The van der Waals surface area contributed by atoms with E-state index in [0.717, 1.165) is 0 Å². The molecular formula is C9H10FNO2. The third-order valence-corrected chi connectivity index (χ3v) is 1.46. The molecule has 0 heterocycles. The van der Waals surface area contributed by atoms with E-state index in [4.69, 9.17) is 4.74 Å². The number of nitrogens with one attached hydrogen (secondary N) is 1. The molecule has 70 valence electrons. The van der Waals surface area contributed by atoms with Crippen molar-refractivity contribution in [3.63, 3.8) is 0 Å². The van der Waals surface area contributed by atoms with Crippen LogP contribution in [0.2, 0.25) is 0 Å². The topological polar surface area (TPSA) is 38.3 Å². The van der Waals surface area contributed by atoms with Crippen molar-refractivity contribution < 1.29 is 13.9 Å². The molecule has 0 saturated heterocycles. The van der Waals surface area contributed by atoms with Gasteiger partial charge in [-0.05, 0) is 24.3 Å². The molecule has 0 aliphatic heterocycles. The molecule has 4 heteroatoms. The fraction of sp³-hybridized carbons (Fsp3) is 0.222. The van der Waals surface area contributed by atoms with Crippen LogP contribution in [0, 0.1) is 5.82 Å². The summed E-state index contributed by atoms with van der Waals surface area (Å²) in [4.78, 5) is 10.7. The molecule has 0 aromatic heterocycles. The van der Waals surface area contributed by atoms with Crippen LogP contribution in [0.3, 0.4) is 0 Å². The van der Waals surface area contributed by atoms with Crippen molar-refractivity contribution in [1.82, 2.24) is 5.32 Å². The molecule has 3 nitrogen and oxygen atoms in total. The molecule has 0 bridgehead atoms. The molecule has 0 aliphatic carbocycles. The fourth-order valence-electron chi connectivity index (χ4n) is 0.752. The van der Waals surface area contributed by atoms with Crippen LogP contribution in [0.1, 0.15) is 0 Å². The lowest BCUT2D eigenvalue weighted by Gasteiger charge is -2.03. The molecule has 1 N–H and O–H groups in total. The highest BCUT2D eigenvalue weighted by molar-refractivity contribution is 5.77. The van der Waals surface area contributed by atoms with Gasteiger partial charge in [-0.3, -0.25) is 4.79 Å². The number of ether oxygens (including phenoxy) is 1. The van der Waals surface area contributed by atoms with Crippen molar-refractivity contribution in [2.45, 2.75) is 0 Å². The van der Waals surface area contributed by atoms with Gasteiger partial charge < -0.3 is 10.1 Å².